The van der Waals surface area contributed by atoms with Gasteiger partial charge in [-0.3, -0.25) is 4.57 Å². The van der Waals surface area contributed by atoms with Gasteiger partial charge in [0.05, 0.1) is 22.1 Å². The van der Waals surface area contributed by atoms with Crippen molar-refractivity contribution >= 4 is 43.6 Å². The van der Waals surface area contributed by atoms with Gasteiger partial charge < -0.3 is 4.57 Å². The predicted molar refractivity (Wildman–Crippen MR) is 205 cm³/mol. The summed E-state index contributed by atoms with van der Waals surface area (Å²) < 4.78 is 4.56. The molecule has 3 aromatic heterocycles. The molecule has 1 atom stereocenters. The van der Waals surface area contributed by atoms with E-state index in [2.05, 4.69) is 161 Å². The Morgan fingerprint density at radius 2 is 1.04 bits per heavy atom. The van der Waals surface area contributed by atoms with Crippen LogP contribution >= 0.6 is 0 Å². The molecule has 0 N–H and O–H groups in total. The summed E-state index contributed by atoms with van der Waals surface area (Å²) in [4.78, 5) is 15.3. The Morgan fingerprint density at radius 1 is 0.460 bits per heavy atom. The number of hydrogen-bond acceptors (Lipinski definition) is 3. The van der Waals surface area contributed by atoms with Crippen LogP contribution in [-0.4, -0.2) is 24.1 Å². The number of para-hydroxylation sites is 3. The smallest absolute Gasteiger partial charge is 0.238 e. The summed E-state index contributed by atoms with van der Waals surface area (Å²) in [5, 5.41) is 4.81. The second kappa shape index (κ2) is 11.5. The van der Waals surface area contributed by atoms with E-state index in [9.17, 15) is 0 Å². The molecule has 9 aromatic rings. The first-order valence-corrected chi connectivity index (χ1v) is 17.1. The Morgan fingerprint density at radius 3 is 1.70 bits per heavy atom. The Hall–Kier alpha value is -6.59. The Bertz CT molecular complexity index is 2790. The van der Waals surface area contributed by atoms with Crippen LogP contribution in [0.15, 0.2) is 170 Å². The summed E-state index contributed by atoms with van der Waals surface area (Å²) in [5.74, 6) is 2.18. The van der Waals surface area contributed by atoms with E-state index in [0.29, 0.717) is 11.8 Å². The van der Waals surface area contributed by atoms with Gasteiger partial charge in [0, 0.05) is 38.7 Å². The second-order valence-corrected chi connectivity index (χ2v) is 12.8. The molecule has 5 nitrogen and oxygen atoms in total. The van der Waals surface area contributed by atoms with Crippen molar-refractivity contribution in [2.24, 2.45) is 0 Å². The van der Waals surface area contributed by atoms with Gasteiger partial charge in [0.2, 0.25) is 5.95 Å². The molecular weight excluding hydrogens is 611 g/mol. The van der Waals surface area contributed by atoms with Crippen LogP contribution in [0.25, 0.3) is 77.8 Å². The van der Waals surface area contributed by atoms with Crippen molar-refractivity contribution in [1.29, 1.82) is 0 Å². The summed E-state index contributed by atoms with van der Waals surface area (Å²) in [6.45, 7) is 0. The maximum atomic E-state index is 5.15. The van der Waals surface area contributed by atoms with Crippen molar-refractivity contribution in [3.8, 4) is 34.2 Å². The minimum Gasteiger partial charge on any atom is -0.309 e. The lowest BCUT2D eigenvalue weighted by Crippen LogP contribution is -2.11. The van der Waals surface area contributed by atoms with Crippen LogP contribution in [0.2, 0.25) is 0 Å². The van der Waals surface area contributed by atoms with E-state index in [1.807, 2.05) is 18.2 Å². The van der Waals surface area contributed by atoms with Crippen LogP contribution in [0.3, 0.4) is 0 Å². The number of benzene rings is 6. The molecule has 1 aliphatic rings. The summed E-state index contributed by atoms with van der Waals surface area (Å²) in [7, 11) is 0. The maximum Gasteiger partial charge on any atom is 0.238 e. The number of nitrogens with zero attached hydrogens (tertiary/aromatic N) is 5. The third-order valence-electron chi connectivity index (χ3n) is 9.88. The molecule has 0 bridgehead atoms. The summed E-state index contributed by atoms with van der Waals surface area (Å²) >= 11 is 0. The number of allylic oxidation sites excluding steroid dienone is 4. The SMILES string of the molecule is C1=CC[C@@H](c2nc(-c3ccccc3)nc(-n3c4ccccc4c4cc(-c5ccc6c(c5)c5ccccc5n6-c5ccccc5)ccc43)n2)C=C1. The average Bonchev–Trinajstić information content (AvgIpc) is 3.71. The van der Waals surface area contributed by atoms with Crippen molar-refractivity contribution in [1.82, 2.24) is 24.1 Å². The van der Waals surface area contributed by atoms with Crippen LogP contribution < -0.4 is 0 Å². The van der Waals surface area contributed by atoms with Gasteiger partial charge >= 0.3 is 0 Å². The van der Waals surface area contributed by atoms with Gasteiger partial charge in [0.25, 0.3) is 0 Å². The topological polar surface area (TPSA) is 48.5 Å². The highest BCUT2D eigenvalue weighted by atomic mass is 15.2. The highest BCUT2D eigenvalue weighted by Crippen LogP contribution is 2.38. The molecule has 236 valence electrons. The molecule has 6 aromatic carbocycles. The van der Waals surface area contributed by atoms with E-state index in [0.717, 1.165) is 45.3 Å². The van der Waals surface area contributed by atoms with Gasteiger partial charge in [0.15, 0.2) is 5.82 Å². The molecule has 1 aliphatic carbocycles. The van der Waals surface area contributed by atoms with E-state index in [1.54, 1.807) is 0 Å². The molecule has 0 spiro atoms. The first-order valence-electron chi connectivity index (χ1n) is 17.1. The molecule has 0 unspecified atom stereocenters. The van der Waals surface area contributed by atoms with E-state index < -0.39 is 0 Å². The molecule has 0 amide bonds. The fraction of sp³-hybridized carbons (Fsp3) is 0.0444. The normalized spacial score (nSPS) is 14.4. The van der Waals surface area contributed by atoms with Crippen LogP contribution in [0.5, 0.6) is 0 Å². The third-order valence-corrected chi connectivity index (χ3v) is 9.88. The van der Waals surface area contributed by atoms with E-state index >= 15 is 0 Å². The molecule has 0 saturated carbocycles. The maximum absolute atomic E-state index is 5.15. The number of rotatable bonds is 5. The van der Waals surface area contributed by atoms with Gasteiger partial charge in [0.1, 0.15) is 5.82 Å². The Labute approximate surface area is 289 Å². The highest BCUT2D eigenvalue weighted by molar-refractivity contribution is 6.12. The fourth-order valence-electron chi connectivity index (χ4n) is 7.51. The zero-order valence-corrected chi connectivity index (χ0v) is 27.2. The van der Waals surface area contributed by atoms with Crippen molar-refractivity contribution in [3.63, 3.8) is 0 Å². The Balaban J connectivity index is 1.16. The quantitative estimate of drug-likeness (QED) is 0.188. The van der Waals surface area contributed by atoms with Gasteiger partial charge in [-0.1, -0.05) is 121 Å². The lowest BCUT2D eigenvalue weighted by atomic mass is 10.00. The zero-order valence-electron chi connectivity index (χ0n) is 27.2. The molecule has 0 radical (unpaired) electrons. The first-order chi connectivity index (χ1) is 24.8. The van der Waals surface area contributed by atoms with Crippen molar-refractivity contribution in [2.45, 2.75) is 12.3 Å². The zero-order chi connectivity index (χ0) is 33.0. The lowest BCUT2D eigenvalue weighted by Gasteiger charge is -2.15. The van der Waals surface area contributed by atoms with Crippen LogP contribution in [0, 0.1) is 0 Å². The molecule has 50 heavy (non-hydrogen) atoms. The second-order valence-electron chi connectivity index (χ2n) is 12.8. The van der Waals surface area contributed by atoms with E-state index in [-0.39, 0.29) is 5.92 Å². The molecule has 0 aliphatic heterocycles. The van der Waals surface area contributed by atoms with Crippen LogP contribution in [-0.2, 0) is 0 Å². The molecule has 10 rings (SSSR count). The summed E-state index contributed by atoms with van der Waals surface area (Å²) in [6, 6.07) is 51.7. The minimum atomic E-state index is 0.0895. The van der Waals surface area contributed by atoms with Crippen LogP contribution in [0.4, 0.5) is 0 Å². The molecule has 5 heteroatoms. The van der Waals surface area contributed by atoms with Crippen molar-refractivity contribution in [2.75, 3.05) is 0 Å². The van der Waals surface area contributed by atoms with Crippen LogP contribution in [0.1, 0.15) is 18.2 Å². The lowest BCUT2D eigenvalue weighted by molar-refractivity contribution is 0.750. The molecule has 0 fully saturated rings. The number of aromatic nitrogens is 5. The molecular formula is C45H31N5. The largest absolute Gasteiger partial charge is 0.309 e. The van der Waals surface area contributed by atoms with Gasteiger partial charge in [-0.25, -0.2) is 4.98 Å². The molecule has 0 saturated heterocycles. The predicted octanol–water partition coefficient (Wildman–Crippen LogP) is 11.0. The van der Waals surface area contributed by atoms with E-state index in [4.69, 9.17) is 15.0 Å². The average molecular weight is 642 g/mol. The number of hydrogen-bond donors (Lipinski definition) is 0. The molecule has 3 heterocycles. The van der Waals surface area contributed by atoms with Crippen molar-refractivity contribution < 1.29 is 0 Å². The third kappa shape index (κ3) is 4.59. The van der Waals surface area contributed by atoms with Gasteiger partial charge in [-0.2, -0.15) is 9.97 Å². The van der Waals surface area contributed by atoms with E-state index in [1.165, 1.54) is 32.9 Å². The monoisotopic (exact) mass is 641 g/mol. The standard InChI is InChI=1S/C45H31N5/c1-4-14-30(15-5-1)43-46-44(31-16-6-2-7-17-31)48-45(47-43)50-40-23-13-11-21-36(40)38-29-33(25-27-42(38)50)32-24-26-41-37(28-32)35-20-10-12-22-39(35)49(41)34-18-8-3-9-19-34/h1-16,18-29,31H,17H2/t31-/m0/s1. The van der Waals surface area contributed by atoms with Gasteiger partial charge in [-0.15, -0.1) is 0 Å². The summed E-state index contributed by atoms with van der Waals surface area (Å²) in [6.07, 6.45) is 9.38. The van der Waals surface area contributed by atoms with Gasteiger partial charge in [-0.05, 0) is 66.1 Å². The first kappa shape index (κ1) is 28.4. The summed E-state index contributed by atoms with van der Waals surface area (Å²) in [5.41, 5.74) is 9.01. The fourth-order valence-corrected chi connectivity index (χ4v) is 7.51. The minimum absolute atomic E-state index is 0.0895. The number of fused-ring (bicyclic) bond motifs is 6. The van der Waals surface area contributed by atoms with Crippen molar-refractivity contribution in [3.05, 3.63) is 176 Å². The Kier molecular flexibility index (Phi) is 6.56. The highest BCUT2D eigenvalue weighted by Gasteiger charge is 2.21.